The van der Waals surface area contributed by atoms with Crippen molar-refractivity contribution in [1.82, 2.24) is 0 Å². The van der Waals surface area contributed by atoms with Crippen molar-refractivity contribution >= 4 is 0 Å². The van der Waals surface area contributed by atoms with E-state index in [-0.39, 0.29) is 5.60 Å². The Morgan fingerprint density at radius 1 is 1.26 bits per heavy atom. The number of allylic oxidation sites excluding steroid dienone is 1. The van der Waals surface area contributed by atoms with E-state index in [0.717, 1.165) is 42.1 Å². The Morgan fingerprint density at radius 3 is 3.05 bits per heavy atom. The van der Waals surface area contributed by atoms with Crippen LogP contribution in [0.1, 0.15) is 38.5 Å². The first-order valence-corrected chi connectivity index (χ1v) is 8.32. The molecule has 102 valence electrons. The van der Waals surface area contributed by atoms with Crippen LogP contribution in [0.3, 0.4) is 0 Å². The monoisotopic (exact) mass is 256 g/mol. The van der Waals surface area contributed by atoms with Crippen molar-refractivity contribution in [2.75, 3.05) is 6.61 Å². The van der Waals surface area contributed by atoms with Gasteiger partial charge in [0.15, 0.2) is 0 Å². The molecule has 0 spiro atoms. The molecule has 0 saturated heterocycles. The van der Waals surface area contributed by atoms with Gasteiger partial charge in [-0.05, 0) is 66.8 Å². The van der Waals surface area contributed by atoms with E-state index in [1.54, 1.807) is 5.57 Å². The first-order valence-electron chi connectivity index (χ1n) is 8.32. The molecule has 5 rings (SSSR count). The van der Waals surface area contributed by atoms with Gasteiger partial charge in [-0.15, -0.1) is 6.58 Å². The maximum atomic E-state index is 6.27. The van der Waals surface area contributed by atoms with Gasteiger partial charge in [0.25, 0.3) is 0 Å². The minimum Gasteiger partial charge on any atom is -0.366 e. The first-order chi connectivity index (χ1) is 9.35. The Kier molecular flexibility index (Phi) is 2.08. The molecular weight excluding hydrogens is 232 g/mol. The van der Waals surface area contributed by atoms with E-state index in [2.05, 4.69) is 12.7 Å². The fourth-order valence-electron chi connectivity index (χ4n) is 6.29. The summed E-state index contributed by atoms with van der Waals surface area (Å²) in [6.45, 7) is 4.57. The highest BCUT2D eigenvalue weighted by atomic mass is 16.5. The summed E-state index contributed by atoms with van der Waals surface area (Å²) in [7, 11) is 0. The smallest absolute Gasteiger partial charge is 0.0934 e. The molecule has 0 aromatic heterocycles. The number of fused-ring (bicyclic) bond motifs is 5. The third kappa shape index (κ3) is 1.22. The molecule has 0 N–H and O–H groups in total. The highest BCUT2D eigenvalue weighted by Gasteiger charge is 2.75. The Morgan fingerprint density at radius 2 is 2.16 bits per heavy atom. The molecule has 7 atom stereocenters. The fourth-order valence-corrected chi connectivity index (χ4v) is 6.29. The Hall–Kier alpha value is -0.560. The maximum absolute atomic E-state index is 6.27. The summed E-state index contributed by atoms with van der Waals surface area (Å²) in [4.78, 5) is 0. The standard InChI is InChI=1S/C18H24O/c1-2-7-19-18-10-16(18)14-9-13-12-6-4-3-5-11(12)8-15(18)17(13)14/h2,8,11-14,16-17H,1,3-7,9-10H2. The molecule has 0 aliphatic heterocycles. The van der Waals surface area contributed by atoms with Crippen LogP contribution in [0.5, 0.6) is 0 Å². The minimum atomic E-state index is 0.195. The lowest BCUT2D eigenvalue weighted by atomic mass is 9.51. The Bertz CT molecular complexity index is 464. The summed E-state index contributed by atoms with van der Waals surface area (Å²) < 4.78 is 6.27. The molecule has 1 nitrogen and oxygen atoms in total. The molecule has 4 fully saturated rings. The van der Waals surface area contributed by atoms with Gasteiger partial charge in [0.2, 0.25) is 0 Å². The highest BCUT2D eigenvalue weighted by molar-refractivity contribution is 5.44. The molecule has 0 radical (unpaired) electrons. The summed E-state index contributed by atoms with van der Waals surface area (Å²) in [6.07, 6.45) is 13.4. The van der Waals surface area contributed by atoms with Crippen LogP contribution in [0.25, 0.3) is 0 Å². The lowest BCUT2D eigenvalue weighted by molar-refractivity contribution is 0.00434. The van der Waals surface area contributed by atoms with E-state index in [1.165, 1.54) is 38.5 Å². The number of hydrogen-bond acceptors (Lipinski definition) is 1. The van der Waals surface area contributed by atoms with Crippen molar-refractivity contribution in [1.29, 1.82) is 0 Å². The molecular formula is C18H24O. The van der Waals surface area contributed by atoms with E-state index >= 15 is 0 Å². The van der Waals surface area contributed by atoms with E-state index < -0.39 is 0 Å². The normalized spacial score (nSPS) is 56.3. The van der Waals surface area contributed by atoms with Crippen molar-refractivity contribution in [2.45, 2.75) is 44.1 Å². The summed E-state index contributed by atoms with van der Waals surface area (Å²) in [6, 6.07) is 0. The summed E-state index contributed by atoms with van der Waals surface area (Å²) >= 11 is 0. The first kappa shape index (κ1) is 11.1. The van der Waals surface area contributed by atoms with Gasteiger partial charge >= 0.3 is 0 Å². The van der Waals surface area contributed by atoms with Gasteiger partial charge in [-0.25, -0.2) is 0 Å². The van der Waals surface area contributed by atoms with E-state index in [1.807, 2.05) is 6.08 Å². The van der Waals surface area contributed by atoms with Crippen LogP contribution in [-0.4, -0.2) is 12.2 Å². The topological polar surface area (TPSA) is 9.23 Å². The molecule has 0 aromatic rings. The fraction of sp³-hybridized carbons (Fsp3) is 0.778. The van der Waals surface area contributed by atoms with Crippen molar-refractivity contribution in [3.63, 3.8) is 0 Å². The molecule has 5 aliphatic rings. The molecule has 0 heterocycles. The predicted molar refractivity (Wildman–Crippen MR) is 75.6 cm³/mol. The summed E-state index contributed by atoms with van der Waals surface area (Å²) in [5.41, 5.74) is 1.95. The van der Waals surface area contributed by atoms with Gasteiger partial charge in [-0.2, -0.15) is 0 Å². The van der Waals surface area contributed by atoms with Crippen LogP contribution in [0.4, 0.5) is 0 Å². The van der Waals surface area contributed by atoms with Crippen LogP contribution in [-0.2, 0) is 4.74 Å². The average Bonchev–Trinajstić information content (AvgIpc) is 3.06. The molecule has 5 aliphatic carbocycles. The van der Waals surface area contributed by atoms with Crippen molar-refractivity contribution in [3.05, 3.63) is 24.3 Å². The van der Waals surface area contributed by atoms with Crippen LogP contribution < -0.4 is 0 Å². The SMILES string of the molecule is C=CCOC12CC1C1CC3C4CCCCC4C=C2C31. The van der Waals surface area contributed by atoms with E-state index in [9.17, 15) is 0 Å². The van der Waals surface area contributed by atoms with E-state index in [0.29, 0.717) is 0 Å². The van der Waals surface area contributed by atoms with Gasteiger partial charge < -0.3 is 4.74 Å². The Balaban J connectivity index is 1.52. The molecule has 0 bridgehead atoms. The van der Waals surface area contributed by atoms with Gasteiger partial charge in [-0.1, -0.05) is 25.0 Å². The lowest BCUT2D eigenvalue weighted by Gasteiger charge is -2.53. The highest BCUT2D eigenvalue weighted by Crippen LogP contribution is 2.76. The zero-order valence-electron chi connectivity index (χ0n) is 11.7. The second-order valence-electron chi connectivity index (χ2n) is 7.62. The van der Waals surface area contributed by atoms with Gasteiger partial charge in [0.05, 0.1) is 12.2 Å². The number of rotatable bonds is 3. The van der Waals surface area contributed by atoms with Crippen LogP contribution in [0.15, 0.2) is 24.3 Å². The average molecular weight is 256 g/mol. The third-order valence-corrected chi connectivity index (χ3v) is 7.07. The van der Waals surface area contributed by atoms with E-state index in [4.69, 9.17) is 4.74 Å². The van der Waals surface area contributed by atoms with Crippen molar-refractivity contribution in [2.24, 2.45) is 35.5 Å². The molecule has 1 heteroatoms. The zero-order chi connectivity index (χ0) is 12.6. The quantitative estimate of drug-likeness (QED) is 0.694. The Labute approximate surface area is 116 Å². The molecule has 0 aromatic carbocycles. The molecule has 7 unspecified atom stereocenters. The van der Waals surface area contributed by atoms with Crippen molar-refractivity contribution < 1.29 is 4.74 Å². The molecule has 0 amide bonds. The third-order valence-electron chi connectivity index (χ3n) is 7.07. The van der Waals surface area contributed by atoms with Gasteiger partial charge in [0, 0.05) is 0 Å². The summed E-state index contributed by atoms with van der Waals surface area (Å²) in [5, 5.41) is 0. The number of ether oxygens (including phenoxy) is 1. The maximum Gasteiger partial charge on any atom is 0.0934 e. The van der Waals surface area contributed by atoms with Crippen LogP contribution >= 0.6 is 0 Å². The zero-order valence-corrected chi connectivity index (χ0v) is 11.7. The predicted octanol–water partition coefficient (Wildman–Crippen LogP) is 3.96. The van der Waals surface area contributed by atoms with Crippen LogP contribution in [0, 0.1) is 35.5 Å². The second kappa shape index (κ2) is 3.55. The lowest BCUT2D eigenvalue weighted by Crippen LogP contribution is -2.47. The summed E-state index contributed by atoms with van der Waals surface area (Å²) in [5.74, 6) is 5.77. The molecule has 19 heavy (non-hydrogen) atoms. The largest absolute Gasteiger partial charge is 0.366 e. The van der Waals surface area contributed by atoms with Gasteiger partial charge in [-0.3, -0.25) is 0 Å². The second-order valence-corrected chi connectivity index (χ2v) is 7.62. The van der Waals surface area contributed by atoms with Crippen LogP contribution in [0.2, 0.25) is 0 Å². The minimum absolute atomic E-state index is 0.195. The number of hydrogen-bond donors (Lipinski definition) is 0. The molecule has 4 saturated carbocycles. The van der Waals surface area contributed by atoms with Gasteiger partial charge in [0.1, 0.15) is 0 Å². The van der Waals surface area contributed by atoms with Crippen molar-refractivity contribution in [3.8, 4) is 0 Å².